The number of halogens is 2. The summed E-state index contributed by atoms with van der Waals surface area (Å²) in [6.45, 7) is 1.68. The molecule has 0 saturated carbocycles. The van der Waals surface area contributed by atoms with Crippen molar-refractivity contribution in [3.8, 4) is 0 Å². The van der Waals surface area contributed by atoms with E-state index in [0.29, 0.717) is 23.9 Å². The van der Waals surface area contributed by atoms with Gasteiger partial charge in [-0.3, -0.25) is 0 Å². The van der Waals surface area contributed by atoms with Crippen LogP contribution in [0.1, 0.15) is 19.2 Å². The first-order valence-corrected chi connectivity index (χ1v) is 5.61. The number of hydrogen-bond donors (Lipinski definition) is 4. The van der Waals surface area contributed by atoms with Gasteiger partial charge in [0, 0.05) is 19.0 Å². The SMILES string of the molecule is CCCc1nc(NN)cc(NCC(O)C(F)F)n1. The van der Waals surface area contributed by atoms with Gasteiger partial charge in [0.25, 0.3) is 6.43 Å². The number of anilines is 2. The molecule has 0 bridgehead atoms. The van der Waals surface area contributed by atoms with Crippen LogP contribution in [0.25, 0.3) is 0 Å². The van der Waals surface area contributed by atoms with E-state index in [1.807, 2.05) is 6.92 Å². The number of rotatable bonds is 7. The third-order valence-electron chi connectivity index (χ3n) is 2.18. The van der Waals surface area contributed by atoms with Gasteiger partial charge in [-0.15, -0.1) is 0 Å². The molecule has 0 amide bonds. The van der Waals surface area contributed by atoms with Gasteiger partial charge >= 0.3 is 0 Å². The van der Waals surface area contributed by atoms with Crippen molar-refractivity contribution in [3.63, 3.8) is 0 Å². The van der Waals surface area contributed by atoms with Crippen molar-refractivity contribution in [2.45, 2.75) is 32.3 Å². The van der Waals surface area contributed by atoms with Crippen LogP contribution in [0.5, 0.6) is 0 Å². The summed E-state index contributed by atoms with van der Waals surface area (Å²) < 4.78 is 24.2. The monoisotopic (exact) mass is 261 g/mol. The highest BCUT2D eigenvalue weighted by atomic mass is 19.3. The van der Waals surface area contributed by atoms with Crippen LogP contribution in [0.4, 0.5) is 20.4 Å². The van der Waals surface area contributed by atoms with E-state index in [-0.39, 0.29) is 6.54 Å². The van der Waals surface area contributed by atoms with Gasteiger partial charge in [0.1, 0.15) is 23.6 Å². The number of nitrogen functional groups attached to an aromatic ring is 1. The summed E-state index contributed by atoms with van der Waals surface area (Å²) in [5, 5.41) is 11.6. The summed E-state index contributed by atoms with van der Waals surface area (Å²) in [7, 11) is 0. The zero-order valence-corrected chi connectivity index (χ0v) is 10.0. The number of aromatic nitrogens is 2. The van der Waals surface area contributed by atoms with E-state index in [2.05, 4.69) is 20.7 Å². The van der Waals surface area contributed by atoms with E-state index in [1.165, 1.54) is 6.07 Å². The highest BCUT2D eigenvalue weighted by Crippen LogP contribution is 2.12. The third-order valence-corrected chi connectivity index (χ3v) is 2.18. The molecular weight excluding hydrogens is 244 g/mol. The first kappa shape index (κ1) is 14.5. The molecule has 0 radical (unpaired) electrons. The van der Waals surface area contributed by atoms with Crippen LogP contribution in [-0.2, 0) is 6.42 Å². The second kappa shape index (κ2) is 7.02. The van der Waals surface area contributed by atoms with Crippen LogP contribution in [0.3, 0.4) is 0 Å². The molecule has 0 aliphatic carbocycles. The topological polar surface area (TPSA) is 96.1 Å². The molecule has 1 unspecified atom stereocenters. The van der Waals surface area contributed by atoms with Crippen LogP contribution in [0, 0.1) is 0 Å². The zero-order chi connectivity index (χ0) is 13.5. The Balaban J connectivity index is 2.71. The van der Waals surface area contributed by atoms with Gasteiger partial charge in [0.2, 0.25) is 0 Å². The number of aryl methyl sites for hydroxylation is 1. The van der Waals surface area contributed by atoms with E-state index in [9.17, 15) is 8.78 Å². The molecule has 102 valence electrons. The lowest BCUT2D eigenvalue weighted by Gasteiger charge is -2.12. The van der Waals surface area contributed by atoms with E-state index in [0.717, 1.165) is 6.42 Å². The molecular formula is C10H17F2N5O. The lowest BCUT2D eigenvalue weighted by atomic mass is 10.3. The van der Waals surface area contributed by atoms with Crippen LogP contribution in [-0.4, -0.2) is 34.1 Å². The maximum absolute atomic E-state index is 12.1. The molecule has 1 heterocycles. The fraction of sp³-hybridized carbons (Fsp3) is 0.600. The van der Waals surface area contributed by atoms with Crippen LogP contribution in [0.2, 0.25) is 0 Å². The number of hydrogen-bond acceptors (Lipinski definition) is 6. The Labute approximate surface area is 104 Å². The summed E-state index contributed by atoms with van der Waals surface area (Å²) >= 11 is 0. The maximum atomic E-state index is 12.1. The molecule has 1 atom stereocenters. The summed E-state index contributed by atoms with van der Waals surface area (Å²) in [6, 6.07) is 1.48. The second-order valence-corrected chi connectivity index (χ2v) is 3.73. The predicted molar refractivity (Wildman–Crippen MR) is 64.3 cm³/mol. The van der Waals surface area contributed by atoms with Gasteiger partial charge in [-0.1, -0.05) is 6.92 Å². The number of alkyl halides is 2. The van der Waals surface area contributed by atoms with Gasteiger partial charge in [0.05, 0.1) is 0 Å². The molecule has 8 heteroatoms. The summed E-state index contributed by atoms with van der Waals surface area (Å²) in [5.41, 5.74) is 2.37. The highest BCUT2D eigenvalue weighted by molar-refractivity contribution is 5.46. The summed E-state index contributed by atoms with van der Waals surface area (Å²) in [4.78, 5) is 8.23. The van der Waals surface area contributed by atoms with Crippen LogP contribution in [0.15, 0.2) is 6.07 Å². The first-order valence-electron chi connectivity index (χ1n) is 5.61. The van der Waals surface area contributed by atoms with E-state index in [1.54, 1.807) is 0 Å². The maximum Gasteiger partial charge on any atom is 0.265 e. The van der Waals surface area contributed by atoms with Gasteiger partial charge in [-0.05, 0) is 6.42 Å². The number of nitrogens with one attached hydrogen (secondary N) is 2. The Hall–Kier alpha value is -1.54. The van der Waals surface area contributed by atoms with Crippen LogP contribution >= 0.6 is 0 Å². The molecule has 1 aromatic heterocycles. The molecule has 0 aromatic carbocycles. The number of aliphatic hydroxyl groups excluding tert-OH is 1. The molecule has 1 aromatic rings. The zero-order valence-electron chi connectivity index (χ0n) is 10.0. The molecule has 0 fully saturated rings. The van der Waals surface area contributed by atoms with Crippen molar-refractivity contribution in [2.75, 3.05) is 17.3 Å². The molecule has 0 aliphatic heterocycles. The Bertz CT molecular complexity index is 377. The smallest absolute Gasteiger partial charge is 0.265 e. The van der Waals surface area contributed by atoms with Gasteiger partial charge in [0.15, 0.2) is 0 Å². The highest BCUT2D eigenvalue weighted by Gasteiger charge is 2.16. The molecule has 1 rings (SSSR count). The molecule has 5 N–H and O–H groups in total. The Morgan fingerprint density at radius 3 is 2.61 bits per heavy atom. The standard InChI is InChI=1S/C10H17F2N5O/c1-2-3-7-15-8(4-9(16-7)17-13)14-5-6(18)10(11)12/h4,6,10,18H,2-3,5,13H2,1H3,(H2,14,15,16,17). The normalized spacial score (nSPS) is 12.6. The Morgan fingerprint density at radius 1 is 1.39 bits per heavy atom. The van der Waals surface area contributed by atoms with Crippen molar-refractivity contribution < 1.29 is 13.9 Å². The lowest BCUT2D eigenvalue weighted by molar-refractivity contribution is 0.00380. The number of nitrogens with two attached hydrogens (primary N) is 1. The minimum absolute atomic E-state index is 0.287. The van der Waals surface area contributed by atoms with Crippen molar-refractivity contribution >= 4 is 11.6 Å². The molecule has 6 nitrogen and oxygen atoms in total. The largest absolute Gasteiger partial charge is 0.385 e. The van der Waals surface area contributed by atoms with Crippen molar-refractivity contribution in [2.24, 2.45) is 5.84 Å². The van der Waals surface area contributed by atoms with Crippen molar-refractivity contribution in [3.05, 3.63) is 11.9 Å². The number of nitrogens with zero attached hydrogens (tertiary/aromatic N) is 2. The summed E-state index contributed by atoms with van der Waals surface area (Å²) in [5.74, 6) is 6.55. The Morgan fingerprint density at radius 2 is 2.06 bits per heavy atom. The van der Waals surface area contributed by atoms with Gasteiger partial charge in [-0.2, -0.15) is 0 Å². The van der Waals surface area contributed by atoms with Gasteiger partial charge < -0.3 is 15.8 Å². The minimum atomic E-state index is -2.79. The second-order valence-electron chi connectivity index (χ2n) is 3.73. The average molecular weight is 261 g/mol. The Kier molecular flexibility index (Phi) is 5.66. The average Bonchev–Trinajstić information content (AvgIpc) is 2.35. The molecule has 0 aliphatic rings. The fourth-order valence-electron chi connectivity index (χ4n) is 1.30. The molecule has 18 heavy (non-hydrogen) atoms. The fourth-order valence-corrected chi connectivity index (χ4v) is 1.30. The summed E-state index contributed by atoms with van der Waals surface area (Å²) in [6.07, 6.45) is -3.01. The van der Waals surface area contributed by atoms with Gasteiger partial charge in [-0.25, -0.2) is 24.6 Å². The predicted octanol–water partition coefficient (Wildman–Crippen LogP) is 0.753. The first-order chi connectivity index (χ1) is 8.56. The number of hydrazine groups is 1. The third kappa shape index (κ3) is 4.38. The van der Waals surface area contributed by atoms with E-state index in [4.69, 9.17) is 10.9 Å². The van der Waals surface area contributed by atoms with E-state index < -0.39 is 12.5 Å². The molecule has 0 saturated heterocycles. The molecule has 0 spiro atoms. The van der Waals surface area contributed by atoms with Crippen molar-refractivity contribution in [1.29, 1.82) is 0 Å². The number of aliphatic hydroxyl groups is 1. The van der Waals surface area contributed by atoms with Crippen LogP contribution < -0.4 is 16.6 Å². The minimum Gasteiger partial charge on any atom is -0.385 e. The van der Waals surface area contributed by atoms with Crippen molar-refractivity contribution in [1.82, 2.24) is 9.97 Å². The quantitative estimate of drug-likeness (QED) is 0.427. The lowest BCUT2D eigenvalue weighted by Crippen LogP contribution is -2.27. The van der Waals surface area contributed by atoms with E-state index >= 15 is 0 Å².